The molecule has 2 aromatic carbocycles. The van der Waals surface area contributed by atoms with E-state index in [1.54, 1.807) is 12.1 Å². The third-order valence-electron chi connectivity index (χ3n) is 3.42. The summed E-state index contributed by atoms with van der Waals surface area (Å²) in [6, 6.07) is 11.5. The zero-order chi connectivity index (χ0) is 14.8. The Morgan fingerprint density at radius 3 is 2.67 bits per heavy atom. The molecule has 0 aliphatic carbocycles. The van der Waals surface area contributed by atoms with E-state index in [4.69, 9.17) is 9.47 Å². The molecule has 0 saturated heterocycles. The number of hydrogen-bond acceptors (Lipinski definition) is 5. The van der Waals surface area contributed by atoms with Crippen LogP contribution < -0.4 is 19.7 Å². The van der Waals surface area contributed by atoms with Gasteiger partial charge in [-0.15, -0.1) is 0 Å². The first-order valence-corrected chi connectivity index (χ1v) is 6.76. The minimum atomic E-state index is 0.204. The highest BCUT2D eigenvalue weighted by molar-refractivity contribution is 5.58. The van der Waals surface area contributed by atoms with Gasteiger partial charge in [-0.05, 0) is 24.3 Å². The van der Waals surface area contributed by atoms with Gasteiger partial charge in [-0.1, -0.05) is 6.07 Å². The van der Waals surface area contributed by atoms with Crippen LogP contribution in [0, 0.1) is 0 Å². The second-order valence-corrected chi connectivity index (χ2v) is 5.13. The van der Waals surface area contributed by atoms with Crippen LogP contribution in [0.15, 0.2) is 36.4 Å². The maximum atomic E-state index is 10.0. The van der Waals surface area contributed by atoms with Crippen LogP contribution in [0.25, 0.3) is 0 Å². The highest BCUT2D eigenvalue weighted by atomic mass is 16.7. The molecule has 5 heteroatoms. The third kappa shape index (κ3) is 2.81. The standard InChI is InChI=1S/C16H18N2O3/c1-18(2)13-5-3-4-12(7-13)17-9-11-6-15-16(8-14(11)19)21-10-20-15/h3-8,17,19H,9-10H2,1-2H3. The lowest BCUT2D eigenvalue weighted by molar-refractivity contribution is 0.174. The van der Waals surface area contributed by atoms with Gasteiger partial charge in [-0.25, -0.2) is 0 Å². The van der Waals surface area contributed by atoms with Crippen molar-refractivity contribution in [3.8, 4) is 17.2 Å². The van der Waals surface area contributed by atoms with Gasteiger partial charge in [0.2, 0.25) is 6.79 Å². The number of hydrogen-bond donors (Lipinski definition) is 2. The SMILES string of the molecule is CN(C)c1cccc(NCc2cc3c(cc2O)OCO3)c1. The Balaban J connectivity index is 1.74. The molecule has 2 N–H and O–H groups in total. The lowest BCUT2D eigenvalue weighted by Crippen LogP contribution is -2.09. The van der Waals surface area contributed by atoms with E-state index in [-0.39, 0.29) is 12.5 Å². The molecule has 110 valence electrons. The van der Waals surface area contributed by atoms with Crippen LogP contribution in [0.5, 0.6) is 17.2 Å². The van der Waals surface area contributed by atoms with Gasteiger partial charge in [0.25, 0.3) is 0 Å². The van der Waals surface area contributed by atoms with Crippen molar-refractivity contribution in [1.82, 2.24) is 0 Å². The normalized spacial score (nSPS) is 12.3. The van der Waals surface area contributed by atoms with Crippen molar-refractivity contribution in [1.29, 1.82) is 0 Å². The van der Waals surface area contributed by atoms with Gasteiger partial charge in [-0.3, -0.25) is 0 Å². The Morgan fingerprint density at radius 1 is 1.14 bits per heavy atom. The van der Waals surface area contributed by atoms with Crippen molar-refractivity contribution < 1.29 is 14.6 Å². The van der Waals surface area contributed by atoms with Gasteiger partial charge >= 0.3 is 0 Å². The highest BCUT2D eigenvalue weighted by Crippen LogP contribution is 2.37. The number of ether oxygens (including phenoxy) is 2. The maximum absolute atomic E-state index is 10.0. The third-order valence-corrected chi connectivity index (χ3v) is 3.42. The molecule has 0 unspecified atom stereocenters. The van der Waals surface area contributed by atoms with Crippen LogP contribution in [0.4, 0.5) is 11.4 Å². The van der Waals surface area contributed by atoms with Crippen LogP contribution in [0.3, 0.4) is 0 Å². The van der Waals surface area contributed by atoms with E-state index < -0.39 is 0 Å². The predicted octanol–water partition coefficient (Wildman–Crippen LogP) is 2.80. The summed E-state index contributed by atoms with van der Waals surface area (Å²) in [5, 5.41) is 13.3. The number of fused-ring (bicyclic) bond motifs is 1. The zero-order valence-corrected chi connectivity index (χ0v) is 12.1. The smallest absolute Gasteiger partial charge is 0.231 e. The maximum Gasteiger partial charge on any atom is 0.231 e. The molecule has 0 bridgehead atoms. The van der Waals surface area contributed by atoms with Crippen molar-refractivity contribution in [3.63, 3.8) is 0 Å². The molecule has 0 atom stereocenters. The minimum Gasteiger partial charge on any atom is -0.507 e. The summed E-state index contributed by atoms with van der Waals surface area (Å²) in [6.07, 6.45) is 0. The van der Waals surface area contributed by atoms with E-state index in [9.17, 15) is 5.11 Å². The molecule has 0 spiro atoms. The first kappa shape index (κ1) is 13.4. The van der Waals surface area contributed by atoms with E-state index in [1.165, 1.54) is 0 Å². The van der Waals surface area contributed by atoms with Crippen molar-refractivity contribution >= 4 is 11.4 Å². The second kappa shape index (κ2) is 5.44. The molecule has 0 radical (unpaired) electrons. The summed E-state index contributed by atoms with van der Waals surface area (Å²) < 4.78 is 10.6. The predicted molar refractivity (Wildman–Crippen MR) is 82.3 cm³/mol. The van der Waals surface area contributed by atoms with Crippen molar-refractivity contribution in [2.24, 2.45) is 0 Å². The van der Waals surface area contributed by atoms with Gasteiger partial charge < -0.3 is 24.8 Å². The first-order chi connectivity index (χ1) is 10.1. The minimum absolute atomic E-state index is 0.204. The summed E-state index contributed by atoms with van der Waals surface area (Å²) in [7, 11) is 4.01. The van der Waals surface area contributed by atoms with Crippen molar-refractivity contribution in [2.75, 3.05) is 31.1 Å². The van der Waals surface area contributed by atoms with E-state index in [1.807, 2.05) is 37.2 Å². The number of nitrogens with zero attached hydrogens (tertiary/aromatic N) is 1. The molecule has 0 amide bonds. The Labute approximate surface area is 123 Å². The Bertz CT molecular complexity index is 656. The fourth-order valence-electron chi connectivity index (χ4n) is 2.21. The molecule has 3 rings (SSSR count). The summed E-state index contributed by atoms with van der Waals surface area (Å²) in [5.41, 5.74) is 2.89. The van der Waals surface area contributed by atoms with Crippen molar-refractivity contribution in [3.05, 3.63) is 42.0 Å². The van der Waals surface area contributed by atoms with Gasteiger partial charge in [0.05, 0.1) is 0 Å². The number of phenolic OH excluding ortho intramolecular Hbond substituents is 1. The lowest BCUT2D eigenvalue weighted by Gasteiger charge is -2.15. The number of aromatic hydroxyl groups is 1. The van der Waals surface area contributed by atoms with Gasteiger partial charge in [-0.2, -0.15) is 0 Å². The fourth-order valence-corrected chi connectivity index (χ4v) is 2.21. The van der Waals surface area contributed by atoms with Crippen LogP contribution in [-0.2, 0) is 6.54 Å². The number of benzene rings is 2. The largest absolute Gasteiger partial charge is 0.507 e. The van der Waals surface area contributed by atoms with Gasteiger partial charge in [0.1, 0.15) is 5.75 Å². The number of phenols is 1. The molecule has 21 heavy (non-hydrogen) atoms. The van der Waals surface area contributed by atoms with Gasteiger partial charge in [0, 0.05) is 43.6 Å². The fraction of sp³-hybridized carbons (Fsp3) is 0.250. The summed E-state index contributed by atoms with van der Waals surface area (Å²) in [4.78, 5) is 2.04. The monoisotopic (exact) mass is 286 g/mol. The van der Waals surface area contributed by atoms with Crippen LogP contribution in [-0.4, -0.2) is 26.0 Å². The Morgan fingerprint density at radius 2 is 1.90 bits per heavy atom. The Hall–Kier alpha value is -2.56. The molecule has 1 heterocycles. The lowest BCUT2D eigenvalue weighted by atomic mass is 10.1. The molecule has 0 fully saturated rings. The van der Waals surface area contributed by atoms with E-state index in [0.29, 0.717) is 18.0 Å². The average Bonchev–Trinajstić information content (AvgIpc) is 2.92. The molecule has 5 nitrogen and oxygen atoms in total. The summed E-state index contributed by atoms with van der Waals surface area (Å²) >= 11 is 0. The van der Waals surface area contributed by atoms with E-state index in [2.05, 4.69) is 11.4 Å². The molecule has 1 aliphatic rings. The first-order valence-electron chi connectivity index (χ1n) is 6.76. The number of rotatable bonds is 4. The summed E-state index contributed by atoms with van der Waals surface area (Å²) in [6.45, 7) is 0.718. The quantitative estimate of drug-likeness (QED) is 0.905. The van der Waals surface area contributed by atoms with Gasteiger partial charge in [0.15, 0.2) is 11.5 Å². The molecular formula is C16H18N2O3. The zero-order valence-electron chi connectivity index (χ0n) is 12.1. The highest BCUT2D eigenvalue weighted by Gasteiger charge is 2.16. The van der Waals surface area contributed by atoms with E-state index >= 15 is 0 Å². The molecule has 0 aromatic heterocycles. The number of anilines is 2. The van der Waals surface area contributed by atoms with Crippen LogP contribution in [0.1, 0.15) is 5.56 Å². The van der Waals surface area contributed by atoms with Crippen molar-refractivity contribution in [2.45, 2.75) is 6.54 Å². The number of nitrogens with one attached hydrogen (secondary N) is 1. The van der Waals surface area contributed by atoms with E-state index in [0.717, 1.165) is 16.9 Å². The second-order valence-electron chi connectivity index (χ2n) is 5.13. The summed E-state index contributed by atoms with van der Waals surface area (Å²) in [5.74, 6) is 1.47. The Kier molecular flexibility index (Phi) is 3.48. The van der Waals surface area contributed by atoms with Crippen LogP contribution >= 0.6 is 0 Å². The molecule has 0 saturated carbocycles. The topological polar surface area (TPSA) is 54.0 Å². The average molecular weight is 286 g/mol. The van der Waals surface area contributed by atoms with Crippen LogP contribution in [0.2, 0.25) is 0 Å². The molecule has 2 aromatic rings. The molecule has 1 aliphatic heterocycles. The molecular weight excluding hydrogens is 268 g/mol.